The molecule has 0 aromatic heterocycles. The van der Waals surface area contributed by atoms with Gasteiger partial charge in [0.25, 0.3) is 0 Å². The molecule has 1 saturated heterocycles. The number of hydrogen-bond acceptors (Lipinski definition) is 3. The third kappa shape index (κ3) is 0.922. The van der Waals surface area contributed by atoms with Gasteiger partial charge >= 0.3 is 0 Å². The van der Waals surface area contributed by atoms with Gasteiger partial charge < -0.3 is 14.9 Å². The van der Waals surface area contributed by atoms with E-state index in [9.17, 15) is 10.2 Å². The highest BCUT2D eigenvalue weighted by atomic mass is 16.6. The Labute approximate surface area is 120 Å². The Kier molecular flexibility index (Phi) is 1.52. The molecule has 3 aromatic rings. The fraction of sp³-hybridized carbons (Fsp3) is 0.222. The molecule has 3 nitrogen and oxygen atoms in total. The van der Waals surface area contributed by atoms with Crippen LogP contribution in [0.15, 0.2) is 42.5 Å². The number of benzene rings is 3. The van der Waals surface area contributed by atoms with Crippen molar-refractivity contribution < 1.29 is 14.9 Å². The second-order valence-electron chi connectivity index (χ2n) is 6.31. The predicted octanol–water partition coefficient (Wildman–Crippen LogP) is 2.36. The smallest absolute Gasteiger partial charge is 0.149 e. The minimum absolute atomic E-state index is 0.330. The Bertz CT molecular complexity index is 977. The SMILES string of the molecule is O[C@H]1[C@H]2O[C@]23c2cccc4ccc5ccc(c3c5c24)[C@@H]1O. The zero-order valence-electron chi connectivity index (χ0n) is 11.1. The van der Waals surface area contributed by atoms with Crippen molar-refractivity contribution in [3.63, 3.8) is 0 Å². The van der Waals surface area contributed by atoms with Crippen molar-refractivity contribution in [1.29, 1.82) is 0 Å². The van der Waals surface area contributed by atoms with Gasteiger partial charge in [-0.15, -0.1) is 0 Å². The first kappa shape index (κ1) is 10.7. The molecule has 2 N–H and O–H groups in total. The fourth-order valence-electron chi connectivity index (χ4n) is 4.55. The first-order valence-corrected chi connectivity index (χ1v) is 7.27. The summed E-state index contributed by atoms with van der Waals surface area (Å²) >= 11 is 0. The van der Waals surface area contributed by atoms with Crippen molar-refractivity contribution in [2.45, 2.75) is 23.9 Å². The molecule has 3 aromatic carbocycles. The van der Waals surface area contributed by atoms with Crippen LogP contribution in [0.25, 0.3) is 21.5 Å². The van der Waals surface area contributed by atoms with Crippen LogP contribution in [0.3, 0.4) is 0 Å². The van der Waals surface area contributed by atoms with Crippen molar-refractivity contribution in [1.82, 2.24) is 0 Å². The molecule has 1 aliphatic heterocycles. The van der Waals surface area contributed by atoms with Crippen LogP contribution in [0, 0.1) is 0 Å². The zero-order valence-corrected chi connectivity index (χ0v) is 11.1. The van der Waals surface area contributed by atoms with Crippen LogP contribution in [0.2, 0.25) is 0 Å². The van der Waals surface area contributed by atoms with Gasteiger partial charge in [-0.3, -0.25) is 0 Å². The summed E-state index contributed by atoms with van der Waals surface area (Å²) in [6.07, 6.45) is -2.06. The predicted molar refractivity (Wildman–Crippen MR) is 78.1 cm³/mol. The Balaban J connectivity index is 1.93. The molecule has 0 unspecified atom stereocenters. The van der Waals surface area contributed by atoms with E-state index in [0.717, 1.165) is 16.7 Å². The number of aliphatic hydroxyl groups excluding tert-OH is 2. The van der Waals surface area contributed by atoms with Crippen LogP contribution in [0.1, 0.15) is 22.8 Å². The quantitative estimate of drug-likeness (QED) is 0.489. The van der Waals surface area contributed by atoms with Crippen LogP contribution in [0.4, 0.5) is 0 Å². The average molecular weight is 276 g/mol. The van der Waals surface area contributed by atoms with Crippen LogP contribution in [0.5, 0.6) is 0 Å². The highest BCUT2D eigenvalue weighted by molar-refractivity contribution is 6.15. The van der Waals surface area contributed by atoms with Gasteiger partial charge in [0, 0.05) is 5.56 Å². The Morgan fingerprint density at radius 3 is 2.52 bits per heavy atom. The van der Waals surface area contributed by atoms with Crippen LogP contribution in [-0.4, -0.2) is 22.4 Å². The lowest BCUT2D eigenvalue weighted by Gasteiger charge is -2.27. The minimum Gasteiger partial charge on any atom is -0.387 e. The largest absolute Gasteiger partial charge is 0.387 e. The molecule has 3 heteroatoms. The van der Waals surface area contributed by atoms with Gasteiger partial charge in [0.15, 0.2) is 0 Å². The molecule has 0 saturated carbocycles. The van der Waals surface area contributed by atoms with E-state index in [1.54, 1.807) is 0 Å². The van der Waals surface area contributed by atoms with E-state index >= 15 is 0 Å². The van der Waals surface area contributed by atoms with E-state index < -0.39 is 17.8 Å². The minimum atomic E-state index is -0.866. The summed E-state index contributed by atoms with van der Waals surface area (Å²) in [7, 11) is 0. The summed E-state index contributed by atoms with van der Waals surface area (Å²) in [5.74, 6) is 0. The summed E-state index contributed by atoms with van der Waals surface area (Å²) < 4.78 is 6.00. The van der Waals surface area contributed by atoms with Gasteiger partial charge in [-0.25, -0.2) is 0 Å². The van der Waals surface area contributed by atoms with Crippen molar-refractivity contribution in [3.8, 4) is 0 Å². The molecule has 1 heterocycles. The molecule has 4 atom stereocenters. The van der Waals surface area contributed by atoms with Gasteiger partial charge in [-0.05, 0) is 32.7 Å². The highest BCUT2D eigenvalue weighted by Crippen LogP contribution is 2.66. The van der Waals surface area contributed by atoms with E-state index in [1.165, 1.54) is 21.5 Å². The van der Waals surface area contributed by atoms with E-state index in [0.29, 0.717) is 0 Å². The molecule has 1 fully saturated rings. The molecule has 3 aliphatic rings. The maximum atomic E-state index is 10.4. The van der Waals surface area contributed by atoms with Gasteiger partial charge in [-0.1, -0.05) is 42.5 Å². The number of ether oxygens (including phenoxy) is 1. The number of hydrogen-bond donors (Lipinski definition) is 2. The number of rotatable bonds is 0. The second kappa shape index (κ2) is 2.97. The van der Waals surface area contributed by atoms with E-state index in [2.05, 4.69) is 24.3 Å². The lowest BCUT2D eigenvalue weighted by Crippen LogP contribution is -2.34. The Morgan fingerprint density at radius 1 is 0.905 bits per heavy atom. The first-order valence-electron chi connectivity index (χ1n) is 7.27. The lowest BCUT2D eigenvalue weighted by molar-refractivity contribution is -0.000470. The lowest BCUT2D eigenvalue weighted by atomic mass is 9.78. The molecular formula is C18H12O3. The van der Waals surface area contributed by atoms with Crippen LogP contribution in [-0.2, 0) is 10.3 Å². The number of epoxide rings is 1. The summed E-state index contributed by atoms with van der Waals surface area (Å²) in [5, 5.41) is 25.5. The Hall–Kier alpha value is -1.94. The van der Waals surface area contributed by atoms with Gasteiger partial charge in [0.1, 0.15) is 23.9 Å². The normalized spacial score (nSPS) is 34.7. The summed E-state index contributed by atoms with van der Waals surface area (Å²) in [4.78, 5) is 0. The summed E-state index contributed by atoms with van der Waals surface area (Å²) in [6.45, 7) is 0. The first-order chi connectivity index (χ1) is 10.2. The van der Waals surface area contributed by atoms with Crippen molar-refractivity contribution in [3.05, 3.63) is 59.2 Å². The van der Waals surface area contributed by atoms with E-state index in [4.69, 9.17) is 4.74 Å². The third-order valence-electron chi connectivity index (χ3n) is 5.44. The molecule has 102 valence electrons. The van der Waals surface area contributed by atoms with Gasteiger partial charge in [0.05, 0.1) is 0 Å². The fourth-order valence-corrected chi connectivity index (χ4v) is 4.55. The Morgan fingerprint density at radius 2 is 1.67 bits per heavy atom. The van der Waals surface area contributed by atoms with E-state index in [1.807, 2.05) is 18.2 Å². The molecule has 2 aliphatic carbocycles. The monoisotopic (exact) mass is 276 g/mol. The molecule has 6 rings (SSSR count). The molecular weight excluding hydrogens is 264 g/mol. The molecule has 21 heavy (non-hydrogen) atoms. The standard InChI is InChI=1S/C18H12O3/c19-15-10-7-6-9-5-4-8-2-1-3-11-12(8)13(9)14(10)18(11)17(21-18)16(15)20/h1-7,15-17,19-20H/t15-,16+,17+,18-/m0/s1. The zero-order chi connectivity index (χ0) is 13.9. The highest BCUT2D eigenvalue weighted by Gasteiger charge is 2.70. The van der Waals surface area contributed by atoms with Gasteiger partial charge in [0.2, 0.25) is 0 Å². The molecule has 0 amide bonds. The third-order valence-corrected chi connectivity index (χ3v) is 5.44. The summed E-state index contributed by atoms with van der Waals surface area (Å²) in [6, 6.07) is 14.5. The average Bonchev–Trinajstić information content (AvgIpc) is 3.20. The van der Waals surface area contributed by atoms with Crippen LogP contribution < -0.4 is 0 Å². The van der Waals surface area contributed by atoms with E-state index in [-0.39, 0.29) is 6.10 Å². The topological polar surface area (TPSA) is 53.0 Å². The van der Waals surface area contributed by atoms with Crippen molar-refractivity contribution >= 4 is 21.5 Å². The molecule has 0 bridgehead atoms. The maximum absolute atomic E-state index is 10.4. The summed E-state index contributed by atoms with van der Waals surface area (Å²) in [5.41, 5.74) is 2.50. The molecule has 1 spiro atoms. The molecule has 0 radical (unpaired) electrons. The maximum Gasteiger partial charge on any atom is 0.149 e. The number of aliphatic hydroxyl groups is 2. The van der Waals surface area contributed by atoms with Crippen molar-refractivity contribution in [2.24, 2.45) is 0 Å². The second-order valence-corrected chi connectivity index (χ2v) is 6.31. The van der Waals surface area contributed by atoms with Crippen molar-refractivity contribution in [2.75, 3.05) is 0 Å². The van der Waals surface area contributed by atoms with Crippen LogP contribution >= 0.6 is 0 Å². The van der Waals surface area contributed by atoms with Gasteiger partial charge in [-0.2, -0.15) is 0 Å².